The van der Waals surface area contributed by atoms with Gasteiger partial charge >= 0.3 is 0 Å². The zero-order chi connectivity index (χ0) is 12.1. The summed E-state index contributed by atoms with van der Waals surface area (Å²) in [5.74, 6) is 0.694. The number of rotatable bonds is 5. The number of benzene rings is 1. The lowest BCUT2D eigenvalue weighted by molar-refractivity contribution is 0.248. The van der Waals surface area contributed by atoms with E-state index in [0.29, 0.717) is 5.92 Å². The van der Waals surface area contributed by atoms with Crippen LogP contribution in [0.1, 0.15) is 26.3 Å². The molecule has 2 N–H and O–H groups in total. The maximum absolute atomic E-state index is 5.81. The second-order valence-electron chi connectivity index (χ2n) is 4.57. The fraction of sp³-hybridized carbons (Fsp3) is 0.538. The number of hydrogen-bond acceptors (Lipinski definition) is 2. The van der Waals surface area contributed by atoms with E-state index in [1.54, 1.807) is 0 Å². The Hall–Kier alpha value is -0.540. The Morgan fingerprint density at radius 2 is 2.06 bits per heavy atom. The van der Waals surface area contributed by atoms with Crippen LogP contribution < -0.4 is 5.73 Å². The Kier molecular flexibility index (Phi) is 5.29. The highest BCUT2D eigenvalue weighted by Gasteiger charge is 2.08. The summed E-state index contributed by atoms with van der Waals surface area (Å²) in [6.45, 7) is 9.84. The molecule has 2 nitrogen and oxygen atoms in total. The molecule has 3 heteroatoms. The van der Waals surface area contributed by atoms with Gasteiger partial charge in [0, 0.05) is 23.2 Å². The van der Waals surface area contributed by atoms with Crippen molar-refractivity contribution in [1.29, 1.82) is 0 Å². The van der Waals surface area contributed by atoms with Gasteiger partial charge in [-0.2, -0.15) is 0 Å². The Morgan fingerprint density at radius 3 is 2.62 bits per heavy atom. The van der Waals surface area contributed by atoms with Crippen LogP contribution in [0.3, 0.4) is 0 Å². The van der Waals surface area contributed by atoms with Gasteiger partial charge in [-0.1, -0.05) is 36.7 Å². The fourth-order valence-corrected chi connectivity index (χ4v) is 2.15. The second kappa shape index (κ2) is 6.26. The van der Waals surface area contributed by atoms with Gasteiger partial charge in [0.05, 0.1) is 0 Å². The molecule has 0 bridgehead atoms. The van der Waals surface area contributed by atoms with E-state index in [1.165, 1.54) is 5.56 Å². The van der Waals surface area contributed by atoms with E-state index in [9.17, 15) is 0 Å². The second-order valence-corrected chi connectivity index (χ2v) is 5.43. The van der Waals surface area contributed by atoms with Gasteiger partial charge in [-0.15, -0.1) is 0 Å². The van der Waals surface area contributed by atoms with Gasteiger partial charge in [-0.05, 0) is 36.2 Å². The van der Waals surface area contributed by atoms with Gasteiger partial charge in [0.15, 0.2) is 0 Å². The summed E-state index contributed by atoms with van der Waals surface area (Å²) < 4.78 is 1.14. The van der Waals surface area contributed by atoms with Crippen molar-refractivity contribution < 1.29 is 0 Å². The largest absolute Gasteiger partial charge is 0.399 e. The summed E-state index contributed by atoms with van der Waals surface area (Å²) in [7, 11) is 0. The summed E-state index contributed by atoms with van der Waals surface area (Å²) in [6.07, 6.45) is 0. The van der Waals surface area contributed by atoms with Crippen LogP contribution in [-0.2, 0) is 6.54 Å². The van der Waals surface area contributed by atoms with E-state index < -0.39 is 0 Å². The van der Waals surface area contributed by atoms with E-state index in [1.807, 2.05) is 18.2 Å². The van der Waals surface area contributed by atoms with Gasteiger partial charge in [-0.3, -0.25) is 4.90 Å². The smallest absolute Gasteiger partial charge is 0.0318 e. The van der Waals surface area contributed by atoms with Gasteiger partial charge < -0.3 is 5.73 Å². The lowest BCUT2D eigenvalue weighted by Crippen LogP contribution is -2.27. The van der Waals surface area contributed by atoms with Crippen molar-refractivity contribution in [2.24, 2.45) is 5.92 Å². The first-order valence-electron chi connectivity index (χ1n) is 5.79. The molecule has 0 saturated heterocycles. The lowest BCUT2D eigenvalue weighted by atomic mass is 10.1. The minimum atomic E-state index is 0.694. The van der Waals surface area contributed by atoms with Crippen LogP contribution in [0.2, 0.25) is 0 Å². The van der Waals surface area contributed by atoms with Crippen molar-refractivity contribution in [3.63, 3.8) is 0 Å². The molecule has 0 aliphatic rings. The SMILES string of the molecule is CCN(Cc1cc(N)ccc1Br)CC(C)C. The highest BCUT2D eigenvalue weighted by Crippen LogP contribution is 2.21. The molecule has 0 atom stereocenters. The van der Waals surface area contributed by atoms with Crippen LogP contribution >= 0.6 is 15.9 Å². The van der Waals surface area contributed by atoms with Crippen LogP contribution in [-0.4, -0.2) is 18.0 Å². The number of hydrogen-bond donors (Lipinski definition) is 1. The van der Waals surface area contributed by atoms with E-state index in [-0.39, 0.29) is 0 Å². The van der Waals surface area contributed by atoms with Gasteiger partial charge in [-0.25, -0.2) is 0 Å². The highest BCUT2D eigenvalue weighted by molar-refractivity contribution is 9.10. The molecule has 0 unspecified atom stereocenters. The van der Waals surface area contributed by atoms with Crippen molar-refractivity contribution in [2.75, 3.05) is 18.8 Å². The van der Waals surface area contributed by atoms with E-state index in [2.05, 4.69) is 41.6 Å². The molecule has 0 aliphatic heterocycles. The van der Waals surface area contributed by atoms with Gasteiger partial charge in [0.25, 0.3) is 0 Å². The van der Waals surface area contributed by atoms with E-state index >= 15 is 0 Å². The molecule has 0 aliphatic carbocycles. The van der Waals surface area contributed by atoms with Crippen molar-refractivity contribution in [3.8, 4) is 0 Å². The summed E-state index contributed by atoms with van der Waals surface area (Å²) in [6, 6.07) is 5.99. The number of nitrogens with two attached hydrogens (primary N) is 1. The lowest BCUT2D eigenvalue weighted by Gasteiger charge is -2.23. The Balaban J connectivity index is 2.73. The Bertz CT molecular complexity index is 337. The highest BCUT2D eigenvalue weighted by atomic mass is 79.9. The first-order chi connectivity index (χ1) is 7.52. The van der Waals surface area contributed by atoms with Crippen molar-refractivity contribution in [2.45, 2.75) is 27.3 Å². The molecular formula is C13H21BrN2. The third-order valence-corrected chi connectivity index (χ3v) is 3.31. The summed E-state index contributed by atoms with van der Waals surface area (Å²) >= 11 is 3.57. The number of nitrogen functional groups attached to an aromatic ring is 1. The quantitative estimate of drug-likeness (QED) is 0.839. The van der Waals surface area contributed by atoms with Gasteiger partial charge in [0.1, 0.15) is 0 Å². The zero-order valence-electron chi connectivity index (χ0n) is 10.3. The number of anilines is 1. The molecule has 0 fully saturated rings. The molecule has 0 saturated carbocycles. The molecule has 1 aromatic carbocycles. The standard InChI is InChI=1S/C13H21BrN2/c1-4-16(8-10(2)3)9-11-7-12(15)5-6-13(11)14/h5-7,10H,4,8-9,15H2,1-3H3. The number of nitrogens with zero attached hydrogens (tertiary/aromatic N) is 1. The molecule has 0 radical (unpaired) electrons. The first-order valence-corrected chi connectivity index (χ1v) is 6.58. The molecule has 16 heavy (non-hydrogen) atoms. The molecule has 1 aromatic rings. The molecule has 0 heterocycles. The molecule has 0 spiro atoms. The zero-order valence-corrected chi connectivity index (χ0v) is 11.9. The summed E-state index contributed by atoms with van der Waals surface area (Å²) in [5.41, 5.74) is 7.90. The van der Waals surface area contributed by atoms with Crippen molar-refractivity contribution >= 4 is 21.6 Å². The molecule has 90 valence electrons. The molecule has 0 aromatic heterocycles. The van der Waals surface area contributed by atoms with Crippen LogP contribution in [0.25, 0.3) is 0 Å². The third kappa shape index (κ3) is 4.14. The fourth-order valence-electron chi connectivity index (χ4n) is 1.78. The van der Waals surface area contributed by atoms with Crippen molar-refractivity contribution in [1.82, 2.24) is 4.90 Å². The van der Waals surface area contributed by atoms with Crippen molar-refractivity contribution in [3.05, 3.63) is 28.2 Å². The monoisotopic (exact) mass is 284 g/mol. The van der Waals surface area contributed by atoms with Crippen LogP contribution in [0.5, 0.6) is 0 Å². The maximum atomic E-state index is 5.81. The summed E-state index contributed by atoms with van der Waals surface area (Å²) in [4.78, 5) is 2.43. The van der Waals surface area contributed by atoms with Crippen LogP contribution in [0.15, 0.2) is 22.7 Å². The van der Waals surface area contributed by atoms with Crippen LogP contribution in [0.4, 0.5) is 5.69 Å². The van der Waals surface area contributed by atoms with E-state index in [0.717, 1.165) is 29.8 Å². The minimum Gasteiger partial charge on any atom is -0.399 e. The van der Waals surface area contributed by atoms with Gasteiger partial charge in [0.2, 0.25) is 0 Å². The molecular weight excluding hydrogens is 264 g/mol. The number of halogens is 1. The Labute approximate surface area is 107 Å². The topological polar surface area (TPSA) is 29.3 Å². The first kappa shape index (κ1) is 13.5. The normalized spacial score (nSPS) is 11.4. The molecule has 1 rings (SSSR count). The average Bonchev–Trinajstić information content (AvgIpc) is 2.21. The van der Waals surface area contributed by atoms with Crippen LogP contribution in [0, 0.1) is 5.92 Å². The maximum Gasteiger partial charge on any atom is 0.0318 e. The van der Waals surface area contributed by atoms with E-state index in [4.69, 9.17) is 5.73 Å². The Morgan fingerprint density at radius 1 is 1.38 bits per heavy atom. The predicted octanol–water partition coefficient (Wildman–Crippen LogP) is 3.51. The average molecular weight is 285 g/mol. The summed E-state index contributed by atoms with van der Waals surface area (Å²) in [5, 5.41) is 0. The third-order valence-electron chi connectivity index (χ3n) is 2.53. The molecule has 0 amide bonds. The predicted molar refractivity (Wildman–Crippen MR) is 74.3 cm³/mol. The minimum absolute atomic E-state index is 0.694.